The first-order chi connectivity index (χ1) is 6.65. The van der Waals surface area contributed by atoms with E-state index in [1.165, 1.54) is 18.3 Å². The van der Waals surface area contributed by atoms with Gasteiger partial charge in [0.1, 0.15) is 6.07 Å². The first-order valence-electron chi connectivity index (χ1n) is 3.85. The zero-order chi connectivity index (χ0) is 10.6. The summed E-state index contributed by atoms with van der Waals surface area (Å²) < 4.78 is 0. The van der Waals surface area contributed by atoms with Gasteiger partial charge >= 0.3 is 5.97 Å². The largest absolute Gasteiger partial charge is 0.331 e. The fourth-order valence-corrected chi connectivity index (χ4v) is 1.64. The van der Waals surface area contributed by atoms with Crippen molar-refractivity contribution in [2.24, 2.45) is 5.16 Å². The van der Waals surface area contributed by atoms with Crippen LogP contribution < -0.4 is 0 Å². The Labute approximate surface area is 85.4 Å². The summed E-state index contributed by atoms with van der Waals surface area (Å²) in [6.07, 6.45) is 0. The topological polar surface area (TPSA) is 62.4 Å². The summed E-state index contributed by atoms with van der Waals surface area (Å²) in [6.45, 7) is 2.96. The molecule has 1 rings (SSSR count). The van der Waals surface area contributed by atoms with Crippen LogP contribution in [0.4, 0.5) is 0 Å². The maximum Gasteiger partial charge on any atom is 0.331 e. The third-order valence-corrected chi connectivity index (χ3v) is 2.45. The molecule has 0 aromatic carbocycles. The standard InChI is InChI=1S/C9H8N2O2S/c1-6(11-13-7(2)12)9-8(5-10)3-4-14-9/h3-4H,1-2H3. The average Bonchev–Trinajstić information content (AvgIpc) is 2.61. The predicted molar refractivity (Wildman–Crippen MR) is 53.0 cm³/mol. The minimum atomic E-state index is -0.473. The third-order valence-electron chi connectivity index (χ3n) is 1.43. The van der Waals surface area contributed by atoms with Crippen molar-refractivity contribution in [3.63, 3.8) is 0 Å². The highest BCUT2D eigenvalue weighted by Crippen LogP contribution is 2.16. The molecule has 0 N–H and O–H groups in total. The molecule has 14 heavy (non-hydrogen) atoms. The molecule has 0 unspecified atom stereocenters. The molecule has 0 amide bonds. The van der Waals surface area contributed by atoms with Gasteiger partial charge in [-0.05, 0) is 18.4 Å². The first kappa shape index (κ1) is 10.4. The summed E-state index contributed by atoms with van der Waals surface area (Å²) >= 11 is 1.39. The lowest BCUT2D eigenvalue weighted by molar-refractivity contribution is -0.140. The molecular formula is C9H8N2O2S. The first-order valence-corrected chi connectivity index (χ1v) is 4.73. The van der Waals surface area contributed by atoms with Crippen LogP contribution >= 0.6 is 11.3 Å². The van der Waals surface area contributed by atoms with Crippen LogP contribution in [0.25, 0.3) is 0 Å². The van der Waals surface area contributed by atoms with E-state index >= 15 is 0 Å². The van der Waals surface area contributed by atoms with Gasteiger partial charge < -0.3 is 4.84 Å². The second-order valence-corrected chi connectivity index (χ2v) is 3.45. The molecule has 0 atom stereocenters. The fraction of sp³-hybridized carbons (Fsp3) is 0.222. The van der Waals surface area contributed by atoms with Gasteiger partial charge in [-0.2, -0.15) is 5.26 Å². The van der Waals surface area contributed by atoms with Gasteiger partial charge in [0.2, 0.25) is 0 Å². The molecule has 1 aromatic rings. The van der Waals surface area contributed by atoms with E-state index in [-0.39, 0.29) is 0 Å². The molecule has 72 valence electrons. The van der Waals surface area contributed by atoms with Crippen LogP contribution in [0.5, 0.6) is 0 Å². The predicted octanol–water partition coefficient (Wildman–Crippen LogP) is 1.91. The lowest BCUT2D eigenvalue weighted by Crippen LogP contribution is -1.98. The number of oxime groups is 1. The lowest BCUT2D eigenvalue weighted by Gasteiger charge is -1.95. The Balaban J connectivity index is 2.89. The summed E-state index contributed by atoms with van der Waals surface area (Å²) in [5.74, 6) is -0.473. The van der Waals surface area contributed by atoms with Crippen LogP contribution in [-0.4, -0.2) is 11.7 Å². The maximum atomic E-state index is 10.5. The number of hydrogen-bond donors (Lipinski definition) is 0. The summed E-state index contributed by atoms with van der Waals surface area (Å²) in [7, 11) is 0. The van der Waals surface area contributed by atoms with Crippen molar-refractivity contribution in [3.8, 4) is 6.07 Å². The van der Waals surface area contributed by atoms with Crippen LogP contribution in [0.15, 0.2) is 16.6 Å². The van der Waals surface area contributed by atoms with Crippen molar-refractivity contribution in [2.75, 3.05) is 0 Å². The van der Waals surface area contributed by atoms with Crippen molar-refractivity contribution < 1.29 is 9.63 Å². The number of nitrogens with zero attached hydrogens (tertiary/aromatic N) is 2. The van der Waals surface area contributed by atoms with Crippen LogP contribution in [0, 0.1) is 11.3 Å². The van der Waals surface area contributed by atoms with Crippen molar-refractivity contribution in [2.45, 2.75) is 13.8 Å². The van der Waals surface area contributed by atoms with Crippen molar-refractivity contribution in [1.29, 1.82) is 5.26 Å². The minimum Gasteiger partial charge on any atom is -0.318 e. The van der Waals surface area contributed by atoms with Crippen LogP contribution in [-0.2, 0) is 9.63 Å². The van der Waals surface area contributed by atoms with E-state index < -0.39 is 5.97 Å². The molecule has 1 heterocycles. The molecule has 0 spiro atoms. The number of thiophene rings is 1. The SMILES string of the molecule is CC(=O)ON=C(C)c1sccc1C#N. The molecule has 4 nitrogen and oxygen atoms in total. The van der Waals surface area contributed by atoms with Crippen molar-refractivity contribution in [3.05, 3.63) is 21.9 Å². The van der Waals surface area contributed by atoms with Gasteiger partial charge in [0.05, 0.1) is 16.2 Å². The van der Waals surface area contributed by atoms with Gasteiger partial charge in [0, 0.05) is 6.92 Å². The Morgan fingerprint density at radius 3 is 2.93 bits per heavy atom. The molecule has 0 radical (unpaired) electrons. The quantitative estimate of drug-likeness (QED) is 0.423. The smallest absolute Gasteiger partial charge is 0.318 e. The number of carbonyl (C=O) groups is 1. The van der Waals surface area contributed by atoms with E-state index in [1.807, 2.05) is 6.07 Å². The Bertz CT molecular complexity index is 415. The number of nitriles is 1. The molecular weight excluding hydrogens is 200 g/mol. The van der Waals surface area contributed by atoms with Crippen molar-refractivity contribution in [1.82, 2.24) is 0 Å². The molecule has 0 aliphatic carbocycles. The van der Waals surface area contributed by atoms with E-state index in [2.05, 4.69) is 9.99 Å². The zero-order valence-electron chi connectivity index (χ0n) is 7.77. The van der Waals surface area contributed by atoms with E-state index in [9.17, 15) is 4.79 Å². The third kappa shape index (κ3) is 2.41. The van der Waals surface area contributed by atoms with Crippen LogP contribution in [0.1, 0.15) is 24.3 Å². The summed E-state index contributed by atoms with van der Waals surface area (Å²) in [5.41, 5.74) is 1.08. The van der Waals surface area contributed by atoms with Crippen LogP contribution in [0.3, 0.4) is 0 Å². The second kappa shape index (κ2) is 4.53. The molecule has 0 bridgehead atoms. The second-order valence-electron chi connectivity index (χ2n) is 2.53. The van der Waals surface area contributed by atoms with E-state index in [4.69, 9.17) is 5.26 Å². The van der Waals surface area contributed by atoms with Gasteiger partial charge in [-0.1, -0.05) is 5.16 Å². The van der Waals surface area contributed by atoms with E-state index in [0.29, 0.717) is 11.3 Å². The molecule has 1 aromatic heterocycles. The van der Waals surface area contributed by atoms with E-state index in [0.717, 1.165) is 4.88 Å². The molecule has 0 fully saturated rings. The van der Waals surface area contributed by atoms with Crippen LogP contribution in [0.2, 0.25) is 0 Å². The highest BCUT2D eigenvalue weighted by atomic mass is 32.1. The molecule has 0 aliphatic rings. The number of hydrogen-bond acceptors (Lipinski definition) is 5. The molecule has 5 heteroatoms. The zero-order valence-corrected chi connectivity index (χ0v) is 8.59. The average molecular weight is 208 g/mol. The van der Waals surface area contributed by atoms with Gasteiger partial charge in [-0.25, -0.2) is 4.79 Å². The van der Waals surface area contributed by atoms with Gasteiger partial charge in [0.15, 0.2) is 0 Å². The van der Waals surface area contributed by atoms with E-state index in [1.54, 1.807) is 18.4 Å². The van der Waals surface area contributed by atoms with Gasteiger partial charge in [-0.15, -0.1) is 11.3 Å². The summed E-state index contributed by atoms with van der Waals surface area (Å²) in [6, 6.07) is 3.73. The maximum absolute atomic E-state index is 10.5. The lowest BCUT2D eigenvalue weighted by atomic mass is 10.2. The highest BCUT2D eigenvalue weighted by molar-refractivity contribution is 7.12. The Kier molecular flexibility index (Phi) is 3.37. The minimum absolute atomic E-state index is 0.473. The fourth-order valence-electron chi connectivity index (χ4n) is 0.852. The van der Waals surface area contributed by atoms with Gasteiger partial charge in [-0.3, -0.25) is 0 Å². The normalized spacial score (nSPS) is 10.8. The Hall–Kier alpha value is -1.67. The van der Waals surface area contributed by atoms with Crippen molar-refractivity contribution >= 4 is 23.0 Å². The van der Waals surface area contributed by atoms with Gasteiger partial charge in [0.25, 0.3) is 0 Å². The summed E-state index contributed by atoms with van der Waals surface area (Å²) in [4.78, 5) is 15.7. The summed E-state index contributed by atoms with van der Waals surface area (Å²) in [5, 5.41) is 14.1. The number of rotatable bonds is 2. The molecule has 0 saturated heterocycles. The highest BCUT2D eigenvalue weighted by Gasteiger charge is 2.07. The molecule has 0 saturated carbocycles. The Morgan fingerprint density at radius 1 is 1.64 bits per heavy atom. The number of carbonyl (C=O) groups excluding carboxylic acids is 1. The molecule has 0 aliphatic heterocycles. The monoisotopic (exact) mass is 208 g/mol. The Morgan fingerprint density at radius 2 is 2.36 bits per heavy atom.